The lowest BCUT2D eigenvalue weighted by molar-refractivity contribution is -0.141. The number of rotatable bonds is 6. The Balaban J connectivity index is 0.000000161. The molecule has 0 saturated heterocycles. The molecule has 0 spiro atoms. The summed E-state index contributed by atoms with van der Waals surface area (Å²) in [6, 6.07) is 26.3. The Hall–Kier alpha value is -9.26. The number of hydrogen-bond acceptors (Lipinski definition) is 14. The van der Waals surface area contributed by atoms with Gasteiger partial charge in [0.1, 0.15) is 30.1 Å². The minimum atomic E-state index is -1.00. The maximum absolute atomic E-state index is 12.3. The first-order valence-corrected chi connectivity index (χ1v) is 29.4. The van der Waals surface area contributed by atoms with Crippen molar-refractivity contribution in [2.45, 2.75) is 126 Å². The molecule has 21 heteroatoms. The van der Waals surface area contributed by atoms with Crippen LogP contribution in [0.2, 0.25) is 0 Å². The van der Waals surface area contributed by atoms with Crippen LogP contribution in [0.3, 0.4) is 0 Å². The van der Waals surface area contributed by atoms with Gasteiger partial charge in [-0.15, -0.1) is 0 Å². The van der Waals surface area contributed by atoms with E-state index in [4.69, 9.17) is 11.4 Å². The fourth-order valence-electron chi connectivity index (χ4n) is 10.6. The van der Waals surface area contributed by atoms with Crippen LogP contribution in [0.1, 0.15) is 129 Å². The number of hydrogen-bond donors (Lipinski definition) is 1. The van der Waals surface area contributed by atoms with Crippen molar-refractivity contribution in [1.82, 2.24) is 48.7 Å². The van der Waals surface area contributed by atoms with Gasteiger partial charge in [0, 0.05) is 61.4 Å². The van der Waals surface area contributed by atoms with Crippen LogP contribution in [0.15, 0.2) is 104 Å². The number of aromatic nitrogens is 10. The summed E-state index contributed by atoms with van der Waals surface area (Å²) in [6.07, 6.45) is 12.0. The molecule has 0 amide bonds. The number of fused-ring (bicyclic) bond motifs is 14. The number of aliphatic hydroxyl groups is 1. The van der Waals surface area contributed by atoms with Crippen LogP contribution in [0, 0.1) is 52.9 Å². The molecule has 88 heavy (non-hydrogen) atoms. The van der Waals surface area contributed by atoms with Gasteiger partial charge in [-0.2, -0.15) is 25.7 Å². The molecular formula is C67H73BrFN11O8. The molecule has 0 fully saturated rings. The molecule has 9 heterocycles. The zero-order chi connectivity index (χ0) is 63.3. The third-order valence-electron chi connectivity index (χ3n) is 14.9. The molecule has 0 atom stereocenters. The van der Waals surface area contributed by atoms with Crippen LogP contribution in [0.25, 0.3) is 28.4 Å². The number of Topliss-reactive ketones (excluding diaryl/α,β-unsaturated/α-hetero) is 3. The number of nitrogens with zero attached hydrogens (tertiary/aromatic N) is 11. The van der Waals surface area contributed by atoms with Crippen molar-refractivity contribution >= 4 is 45.2 Å². The van der Waals surface area contributed by atoms with Crippen LogP contribution in [-0.2, 0) is 85.5 Å². The summed E-state index contributed by atoms with van der Waals surface area (Å²) in [6.45, 7) is 16.3. The Labute approximate surface area is 521 Å². The summed E-state index contributed by atoms with van der Waals surface area (Å²) in [7, 11) is -1.00. The van der Waals surface area contributed by atoms with Gasteiger partial charge in [0.05, 0.1) is 116 Å². The van der Waals surface area contributed by atoms with Crippen molar-refractivity contribution in [2.75, 3.05) is 20.4 Å². The zero-order valence-electron chi connectivity index (χ0n) is 51.0. The third-order valence-corrected chi connectivity index (χ3v) is 15.5. The normalized spacial score (nSPS) is 12.7. The summed E-state index contributed by atoms with van der Waals surface area (Å²) in [5.74, 6) is -0.159. The number of carbonyl (C=O) groups excluding carboxylic acids is 5. The molecule has 4 aliphatic rings. The summed E-state index contributed by atoms with van der Waals surface area (Å²) in [5.41, 5.74) is 21.9. The Morgan fingerprint density at radius 2 is 1.00 bits per heavy atom. The van der Waals surface area contributed by atoms with E-state index in [-0.39, 0.29) is 43.8 Å². The van der Waals surface area contributed by atoms with Crippen molar-refractivity contribution in [2.24, 2.45) is 0 Å². The van der Waals surface area contributed by atoms with Gasteiger partial charge >= 0.3 is 11.9 Å². The molecule has 0 bridgehead atoms. The Morgan fingerprint density at radius 3 is 1.47 bits per heavy atom. The maximum Gasteiger partial charge on any atom is 0.358 e. The van der Waals surface area contributed by atoms with Crippen molar-refractivity contribution < 1.29 is 44.3 Å². The highest BCUT2D eigenvalue weighted by molar-refractivity contribution is 9.08. The van der Waals surface area contributed by atoms with E-state index in [1.807, 2.05) is 113 Å². The summed E-state index contributed by atoms with van der Waals surface area (Å²) in [4.78, 5) is 62.6. The Bertz CT molecular complexity index is 4000. The van der Waals surface area contributed by atoms with Gasteiger partial charge in [0.2, 0.25) is 0 Å². The van der Waals surface area contributed by atoms with E-state index in [9.17, 15) is 33.5 Å². The number of benzene rings is 4. The average Bonchev–Trinajstić information content (AvgIpc) is 3.88. The van der Waals surface area contributed by atoms with Gasteiger partial charge in [0.25, 0.3) is 0 Å². The molecule has 4 aliphatic heterocycles. The summed E-state index contributed by atoms with van der Waals surface area (Å²) >= 11 is 3.45. The molecule has 0 radical (unpaired) electrons. The summed E-state index contributed by atoms with van der Waals surface area (Å²) in [5, 5.41) is 35.6. The maximum atomic E-state index is 12.3. The van der Waals surface area contributed by atoms with Crippen molar-refractivity contribution in [3.63, 3.8) is 0 Å². The predicted octanol–water partition coefficient (Wildman–Crippen LogP) is 10.7. The molecule has 0 aliphatic carbocycles. The highest BCUT2D eigenvalue weighted by Gasteiger charge is 2.29. The largest absolute Gasteiger partial charge is 0.465 e. The third kappa shape index (κ3) is 14.8. The number of ketones is 3. The van der Waals surface area contributed by atoms with E-state index in [2.05, 4.69) is 85.0 Å². The topological polar surface area (TPSA) is 237 Å². The average molecular weight is 1260 g/mol. The van der Waals surface area contributed by atoms with Crippen molar-refractivity contribution in [3.05, 3.63) is 199 Å². The predicted molar refractivity (Wildman–Crippen MR) is 335 cm³/mol. The fraction of sp³-hybridized carbons (Fsp3) is 0.328. The fourth-order valence-corrected chi connectivity index (χ4v) is 11.1. The van der Waals surface area contributed by atoms with E-state index in [0.29, 0.717) is 63.9 Å². The first-order valence-electron chi connectivity index (χ1n) is 29.0. The van der Waals surface area contributed by atoms with Crippen LogP contribution >= 0.6 is 15.9 Å². The number of alkyl halides is 2. The zero-order valence-corrected chi connectivity index (χ0v) is 51.6. The van der Waals surface area contributed by atoms with Gasteiger partial charge in [-0.05, 0) is 136 Å². The van der Waals surface area contributed by atoms with E-state index in [0.717, 1.165) is 112 Å². The molecular weight excluding hydrogens is 1190 g/mol. The van der Waals surface area contributed by atoms with E-state index in [1.165, 1.54) is 11.1 Å². The second-order valence-electron chi connectivity index (χ2n) is 21.2. The molecule has 0 unspecified atom stereocenters. The standard InChI is InChI=1S/C18H18N4O2.C14H13BrN2O.C14H14N2O2.C14H14N2O.C5H7NO2.CH3F.CH4/c1-4-24-18(23)17-16-8-14-12(3)9-20-22(14)15-7-11(2)5-6-13(15)21(16)10-19-17;1-9-2-3-10-5-12(18)6-14-11(7-15)8-16-17(14)13(10)4-9;1-9-2-3-10-5-12(18)6-14-11(8-17)7-15-16(14)13(10)4-9;1-9-3-4-11-6-12(17)7-13-10(2)8-15-16(13)14(11)5-9;1-2-8-5(7)3-4-6;1-2;/h5-7,9-10H,4,8H2,1-3H3;2-4,8H,5-7H2,1H3;2-4,7,17H,5-6,8H2,1H3;3-5,8H,6-7H2,1-2H3;2-3H2,1H3;1H3;1H4/i;;;;;1D;. The number of ether oxygens (including phenoxy) is 2. The molecule has 4 aromatic carbocycles. The first-order chi connectivity index (χ1) is 42.3. The molecule has 13 rings (SSSR count). The number of aryl methyl sites for hydroxylation is 6. The Morgan fingerprint density at radius 1 is 0.591 bits per heavy atom. The number of imidazole rings is 1. The van der Waals surface area contributed by atoms with Gasteiger partial charge < -0.3 is 14.6 Å². The Kier molecular flexibility index (Phi) is 22.0. The lowest BCUT2D eigenvalue weighted by Crippen LogP contribution is -2.10. The van der Waals surface area contributed by atoms with Gasteiger partial charge in [-0.3, -0.25) is 28.1 Å². The van der Waals surface area contributed by atoms with Crippen LogP contribution in [0.5, 0.6) is 0 Å². The van der Waals surface area contributed by atoms with Crippen LogP contribution < -0.4 is 0 Å². The van der Waals surface area contributed by atoms with E-state index in [1.54, 1.807) is 37.1 Å². The lowest BCUT2D eigenvalue weighted by atomic mass is 10.0. The number of nitriles is 1. The quantitative estimate of drug-likeness (QED) is 0.120. The van der Waals surface area contributed by atoms with Crippen molar-refractivity contribution in [1.29, 1.82) is 5.26 Å². The summed E-state index contributed by atoms with van der Waals surface area (Å²) < 4.78 is 34.6. The SMILES string of the molecule is C.CCOC(=O)CC#N.CCOC(=O)c1ncn2c1Cc1c(C)cnn1-c1cc(C)ccc1-2.Cc1ccc2c(c1)-n1ncc(C)c1CC(=O)C2.Cc1ccc2c(c1)-n1ncc(CBr)c1CC(=O)C2.Cc1ccc2c(c1)-n1ncc(CO)c1CC(=O)C2.[2H]CF. The minimum Gasteiger partial charge on any atom is -0.465 e. The first kappa shape index (κ1) is 64.7. The minimum absolute atomic E-state index is 0. The molecule has 458 valence electrons. The van der Waals surface area contributed by atoms with Gasteiger partial charge in [-0.25, -0.2) is 28.5 Å². The highest BCUT2D eigenvalue weighted by atomic mass is 79.9. The second kappa shape index (κ2) is 29.9. The number of carbonyl (C=O) groups is 5. The number of esters is 2. The van der Waals surface area contributed by atoms with Gasteiger partial charge in [-0.1, -0.05) is 65.8 Å². The van der Waals surface area contributed by atoms with Crippen LogP contribution in [0.4, 0.5) is 4.39 Å². The van der Waals surface area contributed by atoms with Crippen molar-refractivity contribution in [3.8, 4) is 34.5 Å². The van der Waals surface area contributed by atoms with Gasteiger partial charge in [0.15, 0.2) is 5.69 Å². The van der Waals surface area contributed by atoms with E-state index >= 15 is 0 Å². The number of aliphatic hydroxyl groups excluding tert-OH is 1. The number of halogens is 2. The second-order valence-corrected chi connectivity index (χ2v) is 21.8. The molecule has 9 aromatic rings. The monoisotopic (exact) mass is 1260 g/mol. The molecule has 0 saturated carbocycles. The molecule has 1 N–H and O–H groups in total. The smallest absolute Gasteiger partial charge is 0.358 e. The highest BCUT2D eigenvalue weighted by Crippen LogP contribution is 2.33. The van der Waals surface area contributed by atoms with E-state index < -0.39 is 13.1 Å². The van der Waals surface area contributed by atoms with Crippen LogP contribution in [-0.4, -0.2) is 103 Å². The molecule has 19 nitrogen and oxygen atoms in total. The lowest BCUT2D eigenvalue weighted by Gasteiger charge is -2.11. The molecule has 5 aromatic heterocycles.